The number of pyridine rings is 1. The Hall–Kier alpha value is -2.82. The summed E-state index contributed by atoms with van der Waals surface area (Å²) >= 11 is 0. The van der Waals surface area contributed by atoms with Gasteiger partial charge >= 0.3 is 5.97 Å². The van der Waals surface area contributed by atoms with Gasteiger partial charge in [-0.25, -0.2) is 9.78 Å². The van der Waals surface area contributed by atoms with Crippen LogP contribution < -0.4 is 10.3 Å². The van der Waals surface area contributed by atoms with Gasteiger partial charge in [0.15, 0.2) is 6.20 Å². The topological polar surface area (TPSA) is 65.6 Å². The molecule has 0 saturated carbocycles. The van der Waals surface area contributed by atoms with Crippen LogP contribution in [0.1, 0.15) is 28.6 Å². The first-order valence-corrected chi connectivity index (χ1v) is 7.58. The summed E-state index contributed by atoms with van der Waals surface area (Å²) in [7, 11) is 0. The van der Waals surface area contributed by atoms with Crippen molar-refractivity contribution in [2.45, 2.75) is 20.4 Å². The predicted molar refractivity (Wildman–Crippen MR) is 87.2 cm³/mol. The third-order valence-corrected chi connectivity index (χ3v) is 3.69. The maximum absolute atomic E-state index is 12.2. The summed E-state index contributed by atoms with van der Waals surface area (Å²) in [6.07, 6.45) is 3.32. The van der Waals surface area contributed by atoms with E-state index in [1.54, 1.807) is 19.4 Å². The number of fused-ring (bicyclic) bond motifs is 1. The van der Waals surface area contributed by atoms with E-state index in [1.165, 1.54) is 0 Å². The molecule has 0 atom stereocenters. The lowest BCUT2D eigenvalue weighted by molar-refractivity contribution is -0.345. The molecule has 5 heteroatoms. The van der Waals surface area contributed by atoms with Crippen LogP contribution in [-0.2, 0) is 11.3 Å². The van der Waals surface area contributed by atoms with E-state index < -0.39 is 0 Å². The highest BCUT2D eigenvalue weighted by molar-refractivity contribution is 6.04. The summed E-state index contributed by atoms with van der Waals surface area (Å²) in [6.45, 7) is 4.65. The minimum Gasteiger partial charge on any atom is -0.467 e. The van der Waals surface area contributed by atoms with Crippen molar-refractivity contribution in [3.05, 3.63) is 59.7 Å². The molecule has 1 aromatic carbocycles. The third kappa shape index (κ3) is 3.04. The number of esters is 1. The average Bonchev–Trinajstić information content (AvgIpc) is 3.06. The van der Waals surface area contributed by atoms with E-state index in [9.17, 15) is 4.79 Å². The fourth-order valence-electron chi connectivity index (χ4n) is 2.58. The number of furan rings is 1. The third-order valence-electron chi connectivity index (χ3n) is 3.69. The number of ether oxygens (including phenoxy) is 1. The lowest BCUT2D eigenvalue weighted by Crippen LogP contribution is -2.16. The van der Waals surface area contributed by atoms with Gasteiger partial charge in [0.2, 0.25) is 5.52 Å². The van der Waals surface area contributed by atoms with Gasteiger partial charge in [-0.05, 0) is 32.0 Å². The van der Waals surface area contributed by atoms with Crippen LogP contribution in [0.2, 0.25) is 0 Å². The van der Waals surface area contributed by atoms with Crippen LogP contribution in [0.15, 0.2) is 47.2 Å². The summed E-state index contributed by atoms with van der Waals surface area (Å²) in [5, 5.41) is 4.26. The van der Waals surface area contributed by atoms with Gasteiger partial charge in [-0.3, -0.25) is 0 Å². The predicted octanol–water partition coefficient (Wildman–Crippen LogP) is 3.34. The molecule has 3 rings (SSSR count). The zero-order valence-electron chi connectivity index (χ0n) is 13.2. The highest BCUT2D eigenvalue weighted by Crippen LogP contribution is 2.27. The molecule has 118 valence electrons. The standard InChI is InChI=1S/C18H18N2O3/c1-3-22-18(21)15-11-20-16-12(2)6-4-8-14(16)17(15)19-10-13-7-5-9-23-13/h4-9,11H,3,10H2,1-2H3,(H,19,20)/p+1. The smallest absolute Gasteiger partial charge is 0.346 e. The number of aromatic nitrogens is 1. The maximum Gasteiger partial charge on any atom is 0.346 e. The van der Waals surface area contributed by atoms with Crippen molar-refractivity contribution in [1.29, 1.82) is 0 Å². The molecule has 3 aromatic rings. The molecule has 5 nitrogen and oxygen atoms in total. The Morgan fingerprint density at radius 2 is 2.17 bits per heavy atom. The molecule has 0 bridgehead atoms. The first-order valence-electron chi connectivity index (χ1n) is 7.58. The molecule has 0 saturated heterocycles. The average molecular weight is 311 g/mol. The van der Waals surface area contributed by atoms with Crippen LogP contribution in [0.25, 0.3) is 10.9 Å². The zero-order valence-corrected chi connectivity index (χ0v) is 13.2. The summed E-state index contributed by atoms with van der Waals surface area (Å²) < 4.78 is 10.5. The highest BCUT2D eigenvalue weighted by atomic mass is 16.5. The summed E-state index contributed by atoms with van der Waals surface area (Å²) in [5.41, 5.74) is 3.33. The second-order valence-electron chi connectivity index (χ2n) is 5.23. The van der Waals surface area contributed by atoms with E-state index in [1.807, 2.05) is 37.3 Å². The van der Waals surface area contributed by atoms with Crippen molar-refractivity contribution in [3.8, 4) is 0 Å². The Bertz CT molecular complexity index is 826. The number of nitrogens with one attached hydrogen (secondary N) is 2. The van der Waals surface area contributed by atoms with Crippen LogP contribution in [0, 0.1) is 6.92 Å². The Kier molecular flexibility index (Phi) is 4.28. The first-order chi connectivity index (χ1) is 11.2. The molecule has 2 heterocycles. The molecular formula is C18H19N2O3+. The number of carbonyl (C=O) groups excluding carboxylic acids is 1. The van der Waals surface area contributed by atoms with E-state index in [0.29, 0.717) is 18.7 Å². The van der Waals surface area contributed by atoms with E-state index in [0.717, 1.165) is 27.9 Å². The Labute approximate surface area is 134 Å². The van der Waals surface area contributed by atoms with Crippen LogP contribution in [0.4, 0.5) is 5.69 Å². The first kappa shape index (κ1) is 15.1. The number of benzene rings is 1. The van der Waals surface area contributed by atoms with Crippen LogP contribution in [0.3, 0.4) is 0 Å². The largest absolute Gasteiger partial charge is 0.467 e. The fraction of sp³-hybridized carbons (Fsp3) is 0.222. The second kappa shape index (κ2) is 6.52. The highest BCUT2D eigenvalue weighted by Gasteiger charge is 2.21. The summed E-state index contributed by atoms with van der Waals surface area (Å²) in [6, 6.07) is 9.70. The number of anilines is 1. The SMILES string of the molecule is CCOC(=O)c1c[nH+]c2c(C)cccc2c1NCc1ccco1. The zero-order chi connectivity index (χ0) is 16.2. The summed E-state index contributed by atoms with van der Waals surface area (Å²) in [5.74, 6) is 0.447. The number of rotatable bonds is 5. The Morgan fingerprint density at radius 1 is 1.30 bits per heavy atom. The van der Waals surface area contributed by atoms with Crippen molar-refractivity contribution in [2.75, 3.05) is 11.9 Å². The minimum absolute atomic E-state index is 0.336. The van der Waals surface area contributed by atoms with Crippen molar-refractivity contribution < 1.29 is 18.9 Å². The van der Waals surface area contributed by atoms with Crippen molar-refractivity contribution in [1.82, 2.24) is 0 Å². The molecule has 0 radical (unpaired) electrons. The van der Waals surface area contributed by atoms with Gasteiger partial charge in [-0.15, -0.1) is 0 Å². The van der Waals surface area contributed by atoms with Crippen molar-refractivity contribution in [3.63, 3.8) is 0 Å². The van der Waals surface area contributed by atoms with Gasteiger partial charge < -0.3 is 14.5 Å². The van der Waals surface area contributed by atoms with Gasteiger partial charge in [-0.1, -0.05) is 12.1 Å². The van der Waals surface area contributed by atoms with E-state index in [2.05, 4.69) is 10.3 Å². The number of H-pyrrole nitrogens is 1. The molecule has 0 aliphatic heterocycles. The molecule has 0 fully saturated rings. The van der Waals surface area contributed by atoms with Crippen LogP contribution in [-0.4, -0.2) is 12.6 Å². The lowest BCUT2D eigenvalue weighted by atomic mass is 10.1. The quantitative estimate of drug-likeness (QED) is 0.734. The van der Waals surface area contributed by atoms with Crippen molar-refractivity contribution in [2.24, 2.45) is 0 Å². The maximum atomic E-state index is 12.2. The Balaban J connectivity index is 2.06. The molecule has 0 spiro atoms. The molecule has 23 heavy (non-hydrogen) atoms. The number of hydrogen-bond donors (Lipinski definition) is 1. The molecule has 0 amide bonds. The van der Waals surface area contributed by atoms with E-state index >= 15 is 0 Å². The number of aromatic amines is 1. The van der Waals surface area contributed by atoms with E-state index in [4.69, 9.17) is 9.15 Å². The van der Waals surface area contributed by atoms with Gasteiger partial charge in [0.05, 0.1) is 30.5 Å². The summed E-state index contributed by atoms with van der Waals surface area (Å²) in [4.78, 5) is 15.4. The molecule has 2 aromatic heterocycles. The number of carbonyl (C=O) groups is 1. The van der Waals surface area contributed by atoms with E-state index in [-0.39, 0.29) is 5.97 Å². The fourth-order valence-corrected chi connectivity index (χ4v) is 2.58. The molecule has 0 aliphatic rings. The number of para-hydroxylation sites is 1. The van der Waals surface area contributed by atoms with Crippen LogP contribution in [0.5, 0.6) is 0 Å². The molecular weight excluding hydrogens is 292 g/mol. The van der Waals surface area contributed by atoms with Gasteiger partial charge in [0.1, 0.15) is 11.3 Å². The molecule has 2 N–H and O–H groups in total. The normalized spacial score (nSPS) is 10.7. The van der Waals surface area contributed by atoms with Gasteiger partial charge in [0, 0.05) is 5.56 Å². The van der Waals surface area contributed by atoms with Crippen molar-refractivity contribution >= 4 is 22.6 Å². The molecule has 0 aliphatic carbocycles. The van der Waals surface area contributed by atoms with Crippen LogP contribution >= 0.6 is 0 Å². The van der Waals surface area contributed by atoms with Gasteiger partial charge in [0.25, 0.3) is 0 Å². The molecule has 0 unspecified atom stereocenters. The number of hydrogen-bond acceptors (Lipinski definition) is 4. The second-order valence-corrected chi connectivity index (χ2v) is 5.23. The Morgan fingerprint density at radius 3 is 2.91 bits per heavy atom. The lowest BCUT2D eigenvalue weighted by Gasteiger charge is -2.11. The minimum atomic E-state index is -0.353. The number of aryl methyl sites for hydroxylation is 1. The van der Waals surface area contributed by atoms with Gasteiger partial charge in [-0.2, -0.15) is 0 Å². The monoisotopic (exact) mass is 311 g/mol.